The molecular formula is C6H11NO. The summed E-state index contributed by atoms with van der Waals surface area (Å²) in [6, 6.07) is 0.475. The summed E-state index contributed by atoms with van der Waals surface area (Å²) in [5.41, 5.74) is 0. The van der Waals surface area contributed by atoms with Crippen LogP contribution in [0, 0.1) is 0 Å². The molecule has 2 nitrogen and oxygen atoms in total. The van der Waals surface area contributed by atoms with Crippen LogP contribution >= 0.6 is 0 Å². The van der Waals surface area contributed by atoms with Gasteiger partial charge < -0.3 is 5.32 Å². The Kier molecular flexibility index (Phi) is 1.51. The summed E-state index contributed by atoms with van der Waals surface area (Å²) >= 11 is 0. The van der Waals surface area contributed by atoms with Crippen molar-refractivity contribution in [3.63, 3.8) is 0 Å². The molecule has 1 aliphatic heterocycles. The van der Waals surface area contributed by atoms with Gasteiger partial charge in [0.05, 0.1) is 0 Å². The van der Waals surface area contributed by atoms with Crippen LogP contribution in [0.25, 0.3) is 0 Å². The Balaban J connectivity index is 2.32. The summed E-state index contributed by atoms with van der Waals surface area (Å²) in [6.45, 7) is 2.09. The lowest BCUT2D eigenvalue weighted by molar-refractivity contribution is -0.119. The van der Waals surface area contributed by atoms with E-state index in [4.69, 9.17) is 0 Å². The van der Waals surface area contributed by atoms with Gasteiger partial charge in [-0.2, -0.15) is 0 Å². The zero-order valence-electron chi connectivity index (χ0n) is 5.11. The van der Waals surface area contributed by atoms with Crippen LogP contribution in [-0.2, 0) is 4.79 Å². The Bertz CT molecular complexity index is 101. The number of rotatable bonds is 1. The minimum Gasteiger partial charge on any atom is -0.353 e. The van der Waals surface area contributed by atoms with Crippen molar-refractivity contribution in [2.45, 2.75) is 32.2 Å². The number of amides is 1. The Morgan fingerprint density at radius 3 is 2.88 bits per heavy atom. The van der Waals surface area contributed by atoms with E-state index in [1.165, 1.54) is 0 Å². The van der Waals surface area contributed by atoms with Crippen molar-refractivity contribution >= 4 is 5.91 Å². The second-order valence-corrected chi connectivity index (χ2v) is 2.21. The lowest BCUT2D eigenvalue weighted by atomic mass is 10.2. The van der Waals surface area contributed by atoms with Crippen LogP contribution in [0.3, 0.4) is 0 Å². The minimum absolute atomic E-state index is 0.219. The molecular weight excluding hydrogens is 102 g/mol. The number of nitrogens with one attached hydrogen (secondary N) is 1. The van der Waals surface area contributed by atoms with Crippen LogP contribution in [0.2, 0.25) is 0 Å². The van der Waals surface area contributed by atoms with E-state index >= 15 is 0 Å². The molecule has 1 unspecified atom stereocenters. The molecule has 1 fully saturated rings. The Hall–Kier alpha value is -0.530. The van der Waals surface area contributed by atoms with Gasteiger partial charge in [0.25, 0.3) is 0 Å². The second-order valence-electron chi connectivity index (χ2n) is 2.21. The highest BCUT2D eigenvalue weighted by Crippen LogP contribution is 2.08. The molecule has 2 heteroatoms. The molecule has 1 saturated heterocycles. The second kappa shape index (κ2) is 2.16. The van der Waals surface area contributed by atoms with Crippen molar-refractivity contribution in [2.24, 2.45) is 0 Å². The zero-order chi connectivity index (χ0) is 5.98. The van der Waals surface area contributed by atoms with Crippen LogP contribution in [0.5, 0.6) is 0 Å². The standard InChI is InChI=1S/C6H11NO/c1-2-5-3-4-6(8)7-5/h5H,2-4H2,1H3,(H,7,8). The van der Waals surface area contributed by atoms with Crippen LogP contribution in [0.1, 0.15) is 26.2 Å². The van der Waals surface area contributed by atoms with Crippen molar-refractivity contribution in [3.05, 3.63) is 0 Å². The maximum absolute atomic E-state index is 10.5. The third-order valence-corrected chi connectivity index (χ3v) is 1.58. The highest BCUT2D eigenvalue weighted by atomic mass is 16.1. The first-order valence-electron chi connectivity index (χ1n) is 3.12. The number of carbonyl (C=O) groups is 1. The molecule has 1 aliphatic rings. The van der Waals surface area contributed by atoms with Crippen LogP contribution < -0.4 is 5.32 Å². The normalized spacial score (nSPS) is 28.1. The van der Waals surface area contributed by atoms with Crippen molar-refractivity contribution in [3.8, 4) is 0 Å². The quantitative estimate of drug-likeness (QED) is 0.532. The van der Waals surface area contributed by atoms with Gasteiger partial charge in [-0.3, -0.25) is 4.79 Å². The van der Waals surface area contributed by atoms with Crippen molar-refractivity contribution < 1.29 is 4.79 Å². The average molecular weight is 113 g/mol. The topological polar surface area (TPSA) is 29.1 Å². The molecule has 1 atom stereocenters. The summed E-state index contributed by atoms with van der Waals surface area (Å²) in [7, 11) is 0. The molecule has 1 heterocycles. The lowest BCUT2D eigenvalue weighted by Crippen LogP contribution is -2.23. The molecule has 0 aliphatic carbocycles. The summed E-state index contributed by atoms with van der Waals surface area (Å²) in [6.07, 6.45) is 2.85. The number of carbonyl (C=O) groups excluding carboxylic acids is 1. The van der Waals surface area contributed by atoms with E-state index in [0.717, 1.165) is 19.3 Å². The van der Waals surface area contributed by atoms with Gasteiger partial charge in [-0.25, -0.2) is 0 Å². The van der Waals surface area contributed by atoms with E-state index in [0.29, 0.717) is 6.04 Å². The predicted molar refractivity (Wildman–Crippen MR) is 31.5 cm³/mol. The van der Waals surface area contributed by atoms with Gasteiger partial charge in [-0.15, -0.1) is 0 Å². The van der Waals surface area contributed by atoms with Gasteiger partial charge >= 0.3 is 0 Å². The molecule has 0 bridgehead atoms. The van der Waals surface area contributed by atoms with E-state index in [1.807, 2.05) is 0 Å². The van der Waals surface area contributed by atoms with Gasteiger partial charge in [0.1, 0.15) is 0 Å². The third-order valence-electron chi connectivity index (χ3n) is 1.58. The first-order chi connectivity index (χ1) is 3.83. The highest BCUT2D eigenvalue weighted by Gasteiger charge is 2.17. The molecule has 0 aromatic rings. The number of hydrogen-bond acceptors (Lipinski definition) is 1. The van der Waals surface area contributed by atoms with E-state index in [2.05, 4.69) is 12.2 Å². The van der Waals surface area contributed by atoms with Gasteiger partial charge in [0.15, 0.2) is 0 Å². The molecule has 0 aromatic heterocycles. The van der Waals surface area contributed by atoms with Crippen molar-refractivity contribution in [1.82, 2.24) is 5.32 Å². The first kappa shape index (κ1) is 5.60. The van der Waals surface area contributed by atoms with Crippen molar-refractivity contribution in [2.75, 3.05) is 0 Å². The van der Waals surface area contributed by atoms with Crippen molar-refractivity contribution in [1.29, 1.82) is 0 Å². The van der Waals surface area contributed by atoms with Gasteiger partial charge in [-0.05, 0) is 12.8 Å². The smallest absolute Gasteiger partial charge is 0.220 e. The van der Waals surface area contributed by atoms with Gasteiger partial charge in [-0.1, -0.05) is 6.92 Å². The van der Waals surface area contributed by atoms with Crippen LogP contribution in [0.15, 0.2) is 0 Å². The largest absolute Gasteiger partial charge is 0.353 e. The minimum atomic E-state index is 0.219. The van der Waals surface area contributed by atoms with E-state index in [-0.39, 0.29) is 5.91 Å². The summed E-state index contributed by atoms with van der Waals surface area (Å²) < 4.78 is 0. The third kappa shape index (κ3) is 0.997. The fourth-order valence-electron chi connectivity index (χ4n) is 0.984. The zero-order valence-corrected chi connectivity index (χ0v) is 5.11. The molecule has 8 heavy (non-hydrogen) atoms. The van der Waals surface area contributed by atoms with E-state index < -0.39 is 0 Å². The van der Waals surface area contributed by atoms with Gasteiger partial charge in [0.2, 0.25) is 5.91 Å². The maximum atomic E-state index is 10.5. The van der Waals surface area contributed by atoms with E-state index in [1.54, 1.807) is 0 Å². The number of hydrogen-bond donors (Lipinski definition) is 1. The highest BCUT2D eigenvalue weighted by molar-refractivity contribution is 5.78. The molecule has 0 spiro atoms. The Morgan fingerprint density at radius 1 is 1.88 bits per heavy atom. The fourth-order valence-corrected chi connectivity index (χ4v) is 0.984. The van der Waals surface area contributed by atoms with Gasteiger partial charge in [0, 0.05) is 12.5 Å². The van der Waals surface area contributed by atoms with Crippen LogP contribution in [-0.4, -0.2) is 11.9 Å². The maximum Gasteiger partial charge on any atom is 0.220 e. The average Bonchev–Trinajstić information content (AvgIpc) is 2.14. The first-order valence-corrected chi connectivity index (χ1v) is 3.12. The lowest BCUT2D eigenvalue weighted by Gasteiger charge is -2.02. The molecule has 1 amide bonds. The molecule has 1 N–H and O–H groups in total. The monoisotopic (exact) mass is 113 g/mol. The van der Waals surface area contributed by atoms with Crippen LogP contribution in [0.4, 0.5) is 0 Å². The summed E-state index contributed by atoms with van der Waals surface area (Å²) in [5.74, 6) is 0.219. The Labute approximate surface area is 49.3 Å². The summed E-state index contributed by atoms with van der Waals surface area (Å²) in [4.78, 5) is 10.5. The SMILES string of the molecule is CCC1CCC(=O)N1. The molecule has 0 aromatic carbocycles. The summed E-state index contributed by atoms with van der Waals surface area (Å²) in [5, 5.41) is 2.86. The molecule has 1 rings (SSSR count). The Morgan fingerprint density at radius 2 is 2.62 bits per heavy atom. The molecule has 46 valence electrons. The predicted octanol–water partition coefficient (Wildman–Crippen LogP) is 0.675. The molecule has 0 radical (unpaired) electrons. The van der Waals surface area contributed by atoms with E-state index in [9.17, 15) is 4.79 Å². The molecule has 0 saturated carbocycles. The fraction of sp³-hybridized carbons (Fsp3) is 0.833.